The molecule has 0 bridgehead atoms. The van der Waals surface area contributed by atoms with Gasteiger partial charge in [0.05, 0.1) is 11.3 Å². The van der Waals surface area contributed by atoms with E-state index in [1.54, 1.807) is 29.2 Å². The second-order valence-electron chi connectivity index (χ2n) is 9.22. The molecular weight excluding hydrogens is 430 g/mol. The van der Waals surface area contributed by atoms with Crippen molar-refractivity contribution in [2.24, 2.45) is 0 Å². The Kier molecular flexibility index (Phi) is 6.32. The molecule has 1 spiro atoms. The highest BCUT2D eigenvalue weighted by Gasteiger charge is 2.66. The predicted molar refractivity (Wildman–Crippen MR) is 131 cm³/mol. The van der Waals surface area contributed by atoms with E-state index in [9.17, 15) is 19.5 Å². The number of amides is 2. The summed E-state index contributed by atoms with van der Waals surface area (Å²) < 4.78 is 0. The van der Waals surface area contributed by atoms with E-state index in [1.807, 2.05) is 57.1 Å². The highest BCUT2D eigenvalue weighted by atomic mass is 16.3. The molecule has 7 nitrogen and oxygen atoms in total. The predicted octanol–water partition coefficient (Wildman–Crippen LogP) is 3.28. The zero-order valence-corrected chi connectivity index (χ0v) is 20.2. The molecule has 34 heavy (non-hydrogen) atoms. The molecule has 7 heteroatoms. The summed E-state index contributed by atoms with van der Waals surface area (Å²) in [6.45, 7) is 5.25. The molecule has 0 aromatic heterocycles. The number of benzene rings is 2. The minimum Gasteiger partial charge on any atom is -0.507 e. The highest BCUT2D eigenvalue weighted by molar-refractivity contribution is 6.50. The Morgan fingerprint density at radius 2 is 1.68 bits per heavy atom. The molecule has 2 amide bonds. The number of rotatable bonds is 7. The molecule has 178 valence electrons. The summed E-state index contributed by atoms with van der Waals surface area (Å²) >= 11 is 0. The number of anilines is 1. The normalized spacial score (nSPS) is 21.3. The fourth-order valence-electron chi connectivity index (χ4n) is 5.01. The molecule has 2 heterocycles. The maximum Gasteiger partial charge on any atom is 0.296 e. The zero-order valence-electron chi connectivity index (χ0n) is 20.2. The van der Waals surface area contributed by atoms with Crippen LogP contribution in [0.2, 0.25) is 0 Å². The van der Waals surface area contributed by atoms with E-state index in [1.165, 1.54) is 4.90 Å². The highest BCUT2D eigenvalue weighted by Crippen LogP contribution is 2.53. The molecule has 2 aromatic rings. The van der Waals surface area contributed by atoms with Crippen LogP contribution >= 0.6 is 0 Å². The van der Waals surface area contributed by atoms with E-state index in [0.717, 1.165) is 5.56 Å². The minimum atomic E-state index is -1.68. The molecule has 1 N–H and O–H groups in total. The van der Waals surface area contributed by atoms with Gasteiger partial charge in [0.2, 0.25) is 0 Å². The van der Waals surface area contributed by atoms with Gasteiger partial charge in [0, 0.05) is 24.2 Å². The van der Waals surface area contributed by atoms with Crippen molar-refractivity contribution in [1.82, 2.24) is 9.80 Å². The van der Waals surface area contributed by atoms with Gasteiger partial charge in [0.1, 0.15) is 5.76 Å². The first-order chi connectivity index (χ1) is 16.2. The van der Waals surface area contributed by atoms with Gasteiger partial charge in [-0.15, -0.1) is 0 Å². The van der Waals surface area contributed by atoms with Crippen LogP contribution in [-0.4, -0.2) is 66.2 Å². The van der Waals surface area contributed by atoms with Gasteiger partial charge in [-0.3, -0.25) is 14.4 Å². The van der Waals surface area contributed by atoms with Crippen molar-refractivity contribution in [2.45, 2.75) is 32.2 Å². The molecule has 0 aliphatic carbocycles. The van der Waals surface area contributed by atoms with Crippen molar-refractivity contribution in [2.75, 3.05) is 38.6 Å². The SMILES string of the molecule is CCCN1C(=O)C2(C(=C(O)c3ccc(C)cc3)C(=O)C(=O)N2CCCN(C)C)c2ccccc21. The third-order valence-electron chi connectivity index (χ3n) is 6.57. The summed E-state index contributed by atoms with van der Waals surface area (Å²) in [6.07, 6.45) is 1.29. The van der Waals surface area contributed by atoms with Gasteiger partial charge in [-0.2, -0.15) is 0 Å². The standard InChI is InChI=1S/C27H31N3O4/c1-5-15-29-21-10-7-6-9-20(21)27(26(29)34)22(23(31)19-13-11-18(2)12-14-19)24(32)25(33)30(27)17-8-16-28(3)4/h6-7,9-14,31H,5,8,15-17H2,1-4H3. The second kappa shape index (κ2) is 9.06. The molecule has 0 radical (unpaired) electrons. The van der Waals surface area contributed by atoms with Gasteiger partial charge in [0.25, 0.3) is 17.6 Å². The van der Waals surface area contributed by atoms with Gasteiger partial charge in [-0.25, -0.2) is 0 Å². The third-order valence-corrected chi connectivity index (χ3v) is 6.57. The van der Waals surface area contributed by atoms with E-state index in [0.29, 0.717) is 42.7 Å². The summed E-state index contributed by atoms with van der Waals surface area (Å²) in [5, 5.41) is 11.4. The van der Waals surface area contributed by atoms with E-state index < -0.39 is 17.2 Å². The molecule has 1 unspecified atom stereocenters. The van der Waals surface area contributed by atoms with Crippen LogP contribution in [0.3, 0.4) is 0 Å². The zero-order chi connectivity index (χ0) is 24.6. The van der Waals surface area contributed by atoms with E-state index in [2.05, 4.69) is 0 Å². The fourth-order valence-corrected chi connectivity index (χ4v) is 5.01. The van der Waals surface area contributed by atoms with Crippen LogP contribution in [0, 0.1) is 6.92 Å². The smallest absolute Gasteiger partial charge is 0.296 e. The molecule has 1 fully saturated rings. The third kappa shape index (κ3) is 3.51. The lowest BCUT2D eigenvalue weighted by atomic mass is 9.81. The van der Waals surface area contributed by atoms with Crippen molar-refractivity contribution in [3.63, 3.8) is 0 Å². The number of Topliss-reactive ketones (excluding diaryl/α,β-unsaturated/α-hetero) is 1. The summed E-state index contributed by atoms with van der Waals surface area (Å²) in [5.41, 5.74) is 0.792. The average molecular weight is 462 g/mol. The lowest BCUT2D eigenvalue weighted by Crippen LogP contribution is -2.52. The number of fused-ring (bicyclic) bond motifs is 2. The maximum atomic E-state index is 14.2. The van der Waals surface area contributed by atoms with Crippen molar-refractivity contribution >= 4 is 29.0 Å². The van der Waals surface area contributed by atoms with Gasteiger partial charge in [-0.05, 0) is 46.5 Å². The fraction of sp³-hybridized carbons (Fsp3) is 0.370. The van der Waals surface area contributed by atoms with Crippen molar-refractivity contribution in [3.05, 3.63) is 70.8 Å². The quantitative estimate of drug-likeness (QED) is 0.389. The van der Waals surface area contributed by atoms with Gasteiger partial charge in [-0.1, -0.05) is 55.0 Å². The summed E-state index contributed by atoms with van der Waals surface area (Å²) in [5.74, 6) is -2.28. The molecule has 0 saturated carbocycles. The van der Waals surface area contributed by atoms with Gasteiger partial charge < -0.3 is 19.8 Å². The first kappa shape index (κ1) is 23.7. The number of hydrogen-bond acceptors (Lipinski definition) is 5. The number of aliphatic hydroxyl groups is 1. The average Bonchev–Trinajstić information content (AvgIpc) is 3.18. The molecule has 4 rings (SSSR count). The number of aliphatic hydroxyl groups excluding tert-OH is 1. The second-order valence-corrected chi connectivity index (χ2v) is 9.22. The molecule has 1 saturated heterocycles. The van der Waals surface area contributed by atoms with Crippen LogP contribution in [0.25, 0.3) is 5.76 Å². The number of ketones is 1. The summed E-state index contributed by atoms with van der Waals surface area (Å²) in [7, 11) is 3.86. The van der Waals surface area contributed by atoms with Crippen molar-refractivity contribution in [3.8, 4) is 0 Å². The minimum absolute atomic E-state index is 0.151. The number of aryl methyl sites for hydroxylation is 1. The molecule has 1 atom stereocenters. The first-order valence-corrected chi connectivity index (χ1v) is 11.7. The largest absolute Gasteiger partial charge is 0.507 e. The van der Waals surface area contributed by atoms with E-state index in [-0.39, 0.29) is 23.8 Å². The lowest BCUT2D eigenvalue weighted by molar-refractivity contribution is -0.143. The number of carbonyl (C=O) groups is 3. The maximum absolute atomic E-state index is 14.2. The van der Waals surface area contributed by atoms with Gasteiger partial charge >= 0.3 is 0 Å². The van der Waals surface area contributed by atoms with E-state index in [4.69, 9.17) is 0 Å². The van der Waals surface area contributed by atoms with Gasteiger partial charge in [0.15, 0.2) is 5.54 Å². The Hall–Kier alpha value is -3.45. The van der Waals surface area contributed by atoms with Crippen LogP contribution < -0.4 is 4.90 Å². The van der Waals surface area contributed by atoms with Crippen LogP contribution in [-0.2, 0) is 19.9 Å². The topological polar surface area (TPSA) is 81.2 Å². The molecule has 2 aromatic carbocycles. The number of nitrogens with zero attached hydrogens (tertiary/aromatic N) is 3. The Labute approximate surface area is 200 Å². The molecular formula is C27H31N3O4. The Balaban J connectivity index is 1.99. The monoisotopic (exact) mass is 461 g/mol. The Bertz CT molecular complexity index is 1170. The van der Waals surface area contributed by atoms with Crippen LogP contribution in [0.1, 0.15) is 36.5 Å². The first-order valence-electron chi connectivity index (χ1n) is 11.7. The summed E-state index contributed by atoms with van der Waals surface area (Å²) in [6, 6.07) is 14.3. The summed E-state index contributed by atoms with van der Waals surface area (Å²) in [4.78, 5) is 46.1. The van der Waals surface area contributed by atoms with Crippen LogP contribution in [0.5, 0.6) is 0 Å². The number of likely N-dealkylation sites (tertiary alicyclic amines) is 1. The van der Waals surface area contributed by atoms with Crippen molar-refractivity contribution in [1.29, 1.82) is 0 Å². The number of carbonyl (C=O) groups excluding carboxylic acids is 3. The number of hydrogen-bond donors (Lipinski definition) is 1. The molecule has 2 aliphatic rings. The number of para-hydroxylation sites is 1. The van der Waals surface area contributed by atoms with Crippen molar-refractivity contribution < 1.29 is 19.5 Å². The van der Waals surface area contributed by atoms with Crippen LogP contribution in [0.4, 0.5) is 5.69 Å². The molecule has 2 aliphatic heterocycles. The Morgan fingerprint density at radius 3 is 2.32 bits per heavy atom. The Morgan fingerprint density at radius 1 is 1.00 bits per heavy atom. The van der Waals surface area contributed by atoms with E-state index >= 15 is 0 Å². The lowest BCUT2D eigenvalue weighted by Gasteiger charge is -2.34. The van der Waals surface area contributed by atoms with Crippen LogP contribution in [0.15, 0.2) is 54.1 Å².